The minimum Gasteiger partial charge on any atom is -0.495 e. The van der Waals surface area contributed by atoms with Gasteiger partial charge in [0.25, 0.3) is 0 Å². The van der Waals surface area contributed by atoms with Crippen molar-refractivity contribution >= 4 is 29.0 Å². The quantitative estimate of drug-likeness (QED) is 0.611. The van der Waals surface area contributed by atoms with Crippen molar-refractivity contribution in [2.75, 3.05) is 7.11 Å². The minimum absolute atomic E-state index is 0.142. The number of carbonyl (C=O) groups excluding carboxylic acids is 1. The summed E-state index contributed by atoms with van der Waals surface area (Å²) in [5.74, 6) is -1.34. The average molecular weight is 255 g/mol. The molecule has 1 rings (SSSR count). The highest BCUT2D eigenvalue weighted by molar-refractivity contribution is 6.35. The van der Waals surface area contributed by atoms with E-state index in [1.54, 1.807) is 0 Å². The average Bonchev–Trinajstić information content (AvgIpc) is 2.16. The second-order valence-electron chi connectivity index (χ2n) is 2.68. The number of alkyl halides is 3. The van der Waals surface area contributed by atoms with E-state index in [0.29, 0.717) is 0 Å². The predicted octanol–water partition coefficient (Wildman–Crippen LogP) is 3.36. The van der Waals surface area contributed by atoms with Crippen LogP contribution < -0.4 is 4.74 Å². The van der Waals surface area contributed by atoms with E-state index in [9.17, 15) is 13.6 Å². The summed E-state index contributed by atoms with van der Waals surface area (Å²) in [7, 11) is 1.31. The van der Waals surface area contributed by atoms with Crippen molar-refractivity contribution in [3.63, 3.8) is 0 Å². The van der Waals surface area contributed by atoms with E-state index in [4.69, 9.17) is 16.3 Å². The second kappa shape index (κ2) is 4.33. The maximum atomic E-state index is 12.5. The Labute approximate surface area is 94.7 Å². The molecule has 15 heavy (non-hydrogen) atoms. The maximum absolute atomic E-state index is 12.5. The summed E-state index contributed by atoms with van der Waals surface area (Å²) in [5.41, 5.74) is -0.253. The minimum atomic E-state index is -3.92. The smallest absolute Gasteiger partial charge is 0.384 e. The van der Waals surface area contributed by atoms with Crippen molar-refractivity contribution < 1.29 is 18.3 Å². The van der Waals surface area contributed by atoms with Crippen LogP contribution in [0.4, 0.5) is 8.78 Å². The van der Waals surface area contributed by atoms with E-state index in [-0.39, 0.29) is 16.3 Å². The third-order valence-corrected chi connectivity index (χ3v) is 2.15. The molecule has 0 aliphatic carbocycles. The number of benzene rings is 1. The van der Waals surface area contributed by atoms with Gasteiger partial charge in [-0.1, -0.05) is 11.6 Å². The Bertz CT molecular complexity index is 388. The van der Waals surface area contributed by atoms with Crippen LogP contribution in [0.1, 0.15) is 10.4 Å². The predicted molar refractivity (Wildman–Crippen MR) is 53.1 cm³/mol. The van der Waals surface area contributed by atoms with Gasteiger partial charge in [0.2, 0.25) is 5.78 Å². The molecule has 0 N–H and O–H groups in total. The molecule has 0 aliphatic heterocycles. The first-order valence-electron chi connectivity index (χ1n) is 3.81. The van der Waals surface area contributed by atoms with Gasteiger partial charge in [-0.2, -0.15) is 8.78 Å². The van der Waals surface area contributed by atoms with Gasteiger partial charge in [0.05, 0.1) is 12.1 Å². The van der Waals surface area contributed by atoms with Gasteiger partial charge in [-0.3, -0.25) is 4.79 Å². The standard InChI is InChI=1S/C9H6Cl2F2O2/c1-15-7-4-5(2-3-6(7)10)8(14)9(11,12)13/h2-4H,1H3. The molecule has 0 atom stereocenters. The molecule has 0 radical (unpaired) electrons. The van der Waals surface area contributed by atoms with Crippen LogP contribution in [0.5, 0.6) is 5.75 Å². The first-order chi connectivity index (χ1) is 6.86. The van der Waals surface area contributed by atoms with Crippen LogP contribution in [0.3, 0.4) is 0 Å². The van der Waals surface area contributed by atoms with Crippen molar-refractivity contribution in [2.24, 2.45) is 0 Å². The lowest BCUT2D eigenvalue weighted by Crippen LogP contribution is -2.21. The number of halogens is 4. The molecule has 0 heterocycles. The molecule has 0 unspecified atom stereocenters. The molecule has 2 nitrogen and oxygen atoms in total. The van der Waals surface area contributed by atoms with Gasteiger partial charge in [-0.05, 0) is 29.8 Å². The fourth-order valence-corrected chi connectivity index (χ4v) is 1.27. The topological polar surface area (TPSA) is 26.3 Å². The summed E-state index contributed by atoms with van der Waals surface area (Å²) >= 11 is 10.3. The molecule has 0 spiro atoms. The van der Waals surface area contributed by atoms with Crippen molar-refractivity contribution in [1.82, 2.24) is 0 Å². The van der Waals surface area contributed by atoms with Crippen LogP contribution in [0, 0.1) is 0 Å². The van der Waals surface area contributed by atoms with Crippen molar-refractivity contribution in [1.29, 1.82) is 0 Å². The number of carbonyl (C=O) groups is 1. The van der Waals surface area contributed by atoms with E-state index in [2.05, 4.69) is 11.6 Å². The molecule has 1 aromatic rings. The van der Waals surface area contributed by atoms with Crippen LogP contribution >= 0.6 is 23.2 Å². The number of ketones is 1. The molecule has 0 aliphatic rings. The first kappa shape index (κ1) is 12.2. The van der Waals surface area contributed by atoms with Crippen molar-refractivity contribution in [3.05, 3.63) is 28.8 Å². The molecule has 1 aromatic carbocycles. The lowest BCUT2D eigenvalue weighted by molar-refractivity contribution is 0.0536. The summed E-state index contributed by atoms with van der Waals surface area (Å²) in [4.78, 5) is 11.1. The zero-order chi connectivity index (χ0) is 11.6. The molecule has 6 heteroatoms. The summed E-state index contributed by atoms with van der Waals surface area (Å²) in [6.45, 7) is 0. The Morgan fingerprint density at radius 2 is 2.07 bits per heavy atom. The Kier molecular flexibility index (Phi) is 3.52. The zero-order valence-corrected chi connectivity index (χ0v) is 9.07. The number of Topliss-reactive ketones (excluding diaryl/α,β-unsaturated/α-hetero) is 1. The highest BCUT2D eigenvalue weighted by Gasteiger charge is 2.36. The van der Waals surface area contributed by atoms with Gasteiger partial charge in [0.15, 0.2) is 0 Å². The third-order valence-electron chi connectivity index (χ3n) is 1.67. The molecular formula is C9H6Cl2F2O2. The molecule has 0 saturated heterocycles. The van der Waals surface area contributed by atoms with E-state index < -0.39 is 11.2 Å². The highest BCUT2D eigenvalue weighted by atomic mass is 35.5. The Morgan fingerprint density at radius 3 is 2.53 bits per heavy atom. The zero-order valence-electron chi connectivity index (χ0n) is 7.56. The van der Waals surface area contributed by atoms with E-state index in [1.165, 1.54) is 13.2 Å². The van der Waals surface area contributed by atoms with Crippen molar-refractivity contribution in [3.8, 4) is 5.75 Å². The monoisotopic (exact) mass is 254 g/mol. The fourth-order valence-electron chi connectivity index (χ4n) is 0.965. The van der Waals surface area contributed by atoms with Crippen LogP contribution in [-0.2, 0) is 0 Å². The Morgan fingerprint density at radius 1 is 1.47 bits per heavy atom. The second-order valence-corrected chi connectivity index (χ2v) is 3.56. The summed E-state index contributed by atoms with van der Waals surface area (Å²) in [5, 5.41) is -3.69. The van der Waals surface area contributed by atoms with E-state index >= 15 is 0 Å². The fraction of sp³-hybridized carbons (Fsp3) is 0.222. The molecule has 0 amide bonds. The normalized spacial score (nSPS) is 11.3. The van der Waals surface area contributed by atoms with Gasteiger partial charge in [0.1, 0.15) is 5.75 Å². The number of hydrogen-bond acceptors (Lipinski definition) is 2. The van der Waals surface area contributed by atoms with Gasteiger partial charge in [0, 0.05) is 5.56 Å². The summed E-state index contributed by atoms with van der Waals surface area (Å²) in [6.07, 6.45) is 0. The number of ether oxygens (including phenoxy) is 1. The Hall–Kier alpha value is -0.870. The van der Waals surface area contributed by atoms with Crippen LogP contribution in [0.2, 0.25) is 5.02 Å². The molecule has 0 bridgehead atoms. The van der Waals surface area contributed by atoms with Crippen LogP contribution in [-0.4, -0.2) is 18.3 Å². The first-order valence-corrected chi connectivity index (χ1v) is 4.57. The SMILES string of the molecule is COc1cc(C(=O)C(F)(F)Cl)ccc1Cl. The molecule has 82 valence electrons. The number of hydrogen-bond donors (Lipinski definition) is 0. The van der Waals surface area contributed by atoms with Crippen LogP contribution in [0.25, 0.3) is 0 Å². The summed E-state index contributed by atoms with van der Waals surface area (Å²) < 4.78 is 29.7. The van der Waals surface area contributed by atoms with Gasteiger partial charge >= 0.3 is 5.38 Å². The third kappa shape index (κ3) is 2.79. The molecular weight excluding hydrogens is 249 g/mol. The van der Waals surface area contributed by atoms with E-state index in [1.807, 2.05) is 0 Å². The van der Waals surface area contributed by atoms with Gasteiger partial charge in [-0.15, -0.1) is 0 Å². The van der Waals surface area contributed by atoms with Gasteiger partial charge in [-0.25, -0.2) is 0 Å². The lowest BCUT2D eigenvalue weighted by Gasteiger charge is -2.08. The number of methoxy groups -OCH3 is 1. The molecule has 0 aromatic heterocycles. The number of rotatable bonds is 3. The van der Waals surface area contributed by atoms with Gasteiger partial charge < -0.3 is 4.74 Å². The van der Waals surface area contributed by atoms with E-state index in [0.717, 1.165) is 12.1 Å². The highest BCUT2D eigenvalue weighted by Crippen LogP contribution is 2.29. The lowest BCUT2D eigenvalue weighted by atomic mass is 10.1. The summed E-state index contributed by atoms with van der Waals surface area (Å²) in [6, 6.07) is 3.56. The van der Waals surface area contributed by atoms with Crippen LogP contribution in [0.15, 0.2) is 18.2 Å². The molecule has 0 fully saturated rings. The van der Waals surface area contributed by atoms with Crippen molar-refractivity contribution in [2.45, 2.75) is 5.38 Å². The Balaban J connectivity index is 3.12. The largest absolute Gasteiger partial charge is 0.495 e. The maximum Gasteiger partial charge on any atom is 0.384 e. The molecule has 0 saturated carbocycles.